The molecule has 1 aliphatic carbocycles. The summed E-state index contributed by atoms with van der Waals surface area (Å²) in [5.74, 6) is 1.18. The van der Waals surface area contributed by atoms with E-state index in [0.29, 0.717) is 24.6 Å². The van der Waals surface area contributed by atoms with Crippen LogP contribution in [0.3, 0.4) is 0 Å². The summed E-state index contributed by atoms with van der Waals surface area (Å²) >= 11 is 0. The van der Waals surface area contributed by atoms with Crippen LogP contribution in [0.4, 0.5) is 0 Å². The lowest BCUT2D eigenvalue weighted by atomic mass is 9.72. The van der Waals surface area contributed by atoms with Crippen molar-refractivity contribution in [1.29, 1.82) is 0 Å². The number of aryl methyl sites for hydroxylation is 1. The number of likely N-dealkylation sites (N-methyl/N-ethyl adjacent to an activating group) is 1. The van der Waals surface area contributed by atoms with E-state index in [4.69, 9.17) is 9.78 Å². The van der Waals surface area contributed by atoms with Crippen LogP contribution in [-0.2, 0) is 23.2 Å². The van der Waals surface area contributed by atoms with Gasteiger partial charge in [0.1, 0.15) is 6.73 Å². The number of fused-ring (bicyclic) bond motifs is 2. The molecule has 6 heteroatoms. The van der Waals surface area contributed by atoms with Gasteiger partial charge in [-0.15, -0.1) is 5.06 Å². The van der Waals surface area contributed by atoms with Gasteiger partial charge in [-0.05, 0) is 43.0 Å². The molecule has 3 atom stereocenters. The van der Waals surface area contributed by atoms with Gasteiger partial charge in [-0.25, -0.2) is 0 Å². The number of benzene rings is 1. The van der Waals surface area contributed by atoms with Crippen molar-refractivity contribution in [2.24, 2.45) is 13.0 Å². The topological polar surface area (TPSA) is 41.9 Å². The minimum Gasteiger partial charge on any atom is -0.350 e. The zero-order valence-corrected chi connectivity index (χ0v) is 14.2. The second-order valence-corrected chi connectivity index (χ2v) is 7.54. The predicted octanol–water partition coefficient (Wildman–Crippen LogP) is 1.78. The van der Waals surface area contributed by atoms with Crippen LogP contribution in [0.2, 0.25) is 0 Å². The lowest BCUT2D eigenvalue weighted by molar-refractivity contribution is -0.188. The van der Waals surface area contributed by atoms with Gasteiger partial charge in [-0.3, -0.25) is 4.84 Å². The predicted molar refractivity (Wildman–Crippen MR) is 90.8 cm³/mol. The number of nitrogens with one attached hydrogen (secondary N) is 1. The highest BCUT2D eigenvalue weighted by Gasteiger charge is 2.40. The van der Waals surface area contributed by atoms with Crippen molar-refractivity contribution in [2.75, 3.05) is 26.9 Å². The average molecular weight is 328 g/mol. The normalized spacial score (nSPS) is 30.8. The zero-order chi connectivity index (χ0) is 16.3. The summed E-state index contributed by atoms with van der Waals surface area (Å²) in [5.41, 5.74) is 6.88. The van der Waals surface area contributed by atoms with Crippen molar-refractivity contribution in [3.8, 4) is 0 Å². The third kappa shape index (κ3) is 2.22. The first kappa shape index (κ1) is 14.9. The third-order valence-electron chi connectivity index (χ3n) is 6.01. The van der Waals surface area contributed by atoms with E-state index >= 15 is 0 Å². The molecule has 1 aromatic heterocycles. The van der Waals surface area contributed by atoms with Gasteiger partial charge in [0.05, 0.1) is 0 Å². The molecule has 0 saturated carbocycles. The fourth-order valence-electron chi connectivity index (χ4n) is 5.05. The van der Waals surface area contributed by atoms with E-state index in [-0.39, 0.29) is 0 Å². The molecule has 0 amide bonds. The highest BCUT2D eigenvalue weighted by Crippen LogP contribution is 2.44. The fraction of sp³-hybridized carbons (Fsp3) is 0.556. The van der Waals surface area contributed by atoms with Gasteiger partial charge in [0.25, 0.3) is 0 Å². The first-order chi connectivity index (χ1) is 11.7. The lowest BCUT2D eigenvalue weighted by Crippen LogP contribution is -2.49. The zero-order valence-electron chi connectivity index (χ0n) is 14.2. The summed E-state index contributed by atoms with van der Waals surface area (Å²) in [7, 11) is 4.44. The molecule has 5 rings (SSSR count). The van der Waals surface area contributed by atoms with Crippen LogP contribution >= 0.6 is 0 Å². The van der Waals surface area contributed by atoms with Crippen molar-refractivity contribution in [1.82, 2.24) is 20.2 Å². The molecule has 128 valence electrons. The Bertz CT molecular complexity index is 768. The van der Waals surface area contributed by atoms with Crippen LogP contribution < -0.4 is 5.64 Å². The van der Waals surface area contributed by atoms with Crippen LogP contribution in [0.5, 0.6) is 0 Å². The Balaban J connectivity index is 1.49. The van der Waals surface area contributed by atoms with Crippen molar-refractivity contribution in [3.63, 3.8) is 0 Å². The van der Waals surface area contributed by atoms with Gasteiger partial charge >= 0.3 is 0 Å². The first-order valence-corrected chi connectivity index (χ1v) is 8.76. The molecule has 0 bridgehead atoms. The summed E-state index contributed by atoms with van der Waals surface area (Å²) in [4.78, 5) is 12.9. The van der Waals surface area contributed by atoms with Gasteiger partial charge in [0, 0.05) is 49.2 Å². The quantitative estimate of drug-likeness (QED) is 0.910. The molecule has 3 aliphatic rings. The van der Waals surface area contributed by atoms with E-state index in [9.17, 15) is 0 Å². The maximum atomic E-state index is 5.28. The lowest BCUT2D eigenvalue weighted by Gasteiger charge is -2.46. The fourth-order valence-corrected chi connectivity index (χ4v) is 5.05. The molecular weight excluding hydrogens is 304 g/mol. The van der Waals surface area contributed by atoms with Gasteiger partial charge in [-0.2, -0.15) is 4.94 Å². The van der Waals surface area contributed by atoms with E-state index in [1.54, 1.807) is 0 Å². The molecule has 3 heterocycles. The Hall–Kier alpha value is -1.44. The molecule has 24 heavy (non-hydrogen) atoms. The number of likely N-dealkylation sites (tertiary alicyclic amines) is 1. The SMILES string of the molecule is CN1C[C@H](CN2CONO2)C[C@@H]2c3cccc4c3c(cn4C)C[C@H]21. The van der Waals surface area contributed by atoms with Crippen LogP contribution in [0.25, 0.3) is 10.9 Å². The number of aromatic nitrogens is 1. The molecule has 6 nitrogen and oxygen atoms in total. The Morgan fingerprint density at radius 3 is 3.04 bits per heavy atom. The molecule has 2 saturated heterocycles. The summed E-state index contributed by atoms with van der Waals surface area (Å²) < 4.78 is 2.28. The van der Waals surface area contributed by atoms with E-state index in [1.807, 2.05) is 5.06 Å². The molecule has 0 radical (unpaired) electrons. The standard InChI is InChI=1S/C18H24N4O2/c1-20-8-12(9-22-11-23-19-24-22)6-15-14-4-3-5-16-18(14)13(7-17(15)20)10-21(16)2/h3-5,10,12,15,17,19H,6-9,11H2,1-2H3/t12-,15-,17-/m1/s1. The number of hydrogen-bond donors (Lipinski definition) is 1. The Morgan fingerprint density at radius 1 is 1.29 bits per heavy atom. The maximum Gasteiger partial charge on any atom is 0.148 e. The van der Waals surface area contributed by atoms with Crippen LogP contribution in [0, 0.1) is 5.92 Å². The molecule has 1 aromatic carbocycles. The Labute approximate surface area is 141 Å². The van der Waals surface area contributed by atoms with Gasteiger partial charge in [0.2, 0.25) is 0 Å². The van der Waals surface area contributed by atoms with Gasteiger partial charge in [-0.1, -0.05) is 17.8 Å². The summed E-state index contributed by atoms with van der Waals surface area (Å²) in [6, 6.07) is 7.41. The highest BCUT2D eigenvalue weighted by atomic mass is 17.0. The van der Waals surface area contributed by atoms with Crippen molar-refractivity contribution in [3.05, 3.63) is 35.5 Å². The first-order valence-electron chi connectivity index (χ1n) is 8.76. The number of piperidine rings is 1. The summed E-state index contributed by atoms with van der Waals surface area (Å²) in [6.45, 7) is 2.50. The van der Waals surface area contributed by atoms with E-state index in [0.717, 1.165) is 19.5 Å². The summed E-state index contributed by atoms with van der Waals surface area (Å²) in [5, 5.41) is 3.37. The van der Waals surface area contributed by atoms with Crippen molar-refractivity contribution in [2.45, 2.75) is 24.8 Å². The highest BCUT2D eigenvalue weighted by molar-refractivity contribution is 5.89. The number of hydroxylamine groups is 2. The molecule has 2 aliphatic heterocycles. The second-order valence-electron chi connectivity index (χ2n) is 7.54. The third-order valence-corrected chi connectivity index (χ3v) is 6.01. The monoisotopic (exact) mass is 328 g/mol. The van der Waals surface area contributed by atoms with Crippen LogP contribution in [0.15, 0.2) is 24.4 Å². The summed E-state index contributed by atoms with van der Waals surface area (Å²) in [6.07, 6.45) is 4.70. The number of hydrogen-bond acceptors (Lipinski definition) is 5. The van der Waals surface area contributed by atoms with E-state index < -0.39 is 0 Å². The number of nitrogens with zero attached hydrogens (tertiary/aromatic N) is 3. The van der Waals surface area contributed by atoms with Gasteiger partial charge in [0.15, 0.2) is 0 Å². The smallest absolute Gasteiger partial charge is 0.148 e. The molecule has 1 N–H and O–H groups in total. The van der Waals surface area contributed by atoms with Crippen molar-refractivity contribution >= 4 is 10.9 Å². The van der Waals surface area contributed by atoms with E-state index in [2.05, 4.69) is 53.6 Å². The molecule has 2 aromatic rings. The molecular formula is C18H24N4O2. The van der Waals surface area contributed by atoms with Crippen LogP contribution in [-0.4, -0.2) is 47.4 Å². The largest absolute Gasteiger partial charge is 0.350 e. The van der Waals surface area contributed by atoms with Crippen LogP contribution in [0.1, 0.15) is 23.5 Å². The molecule has 0 unspecified atom stereocenters. The minimum absolute atomic E-state index is 0.493. The number of rotatable bonds is 2. The maximum absolute atomic E-state index is 5.28. The van der Waals surface area contributed by atoms with Gasteiger partial charge < -0.3 is 9.47 Å². The average Bonchev–Trinajstić information content (AvgIpc) is 3.18. The van der Waals surface area contributed by atoms with Crippen molar-refractivity contribution < 1.29 is 9.78 Å². The Morgan fingerprint density at radius 2 is 2.21 bits per heavy atom. The minimum atomic E-state index is 0.493. The Kier molecular flexibility index (Phi) is 3.43. The molecule has 0 spiro atoms. The van der Waals surface area contributed by atoms with E-state index in [1.165, 1.54) is 28.5 Å². The molecule has 2 fully saturated rings. The second kappa shape index (κ2) is 5.54.